The van der Waals surface area contributed by atoms with Crippen molar-refractivity contribution in [2.24, 2.45) is 0 Å². The highest BCUT2D eigenvalue weighted by molar-refractivity contribution is 8.00. The average Bonchev–Trinajstić information content (AvgIpc) is 3.43. The van der Waals surface area contributed by atoms with Crippen LogP contribution in [-0.4, -0.2) is 45.7 Å². The summed E-state index contributed by atoms with van der Waals surface area (Å²) in [6.45, 7) is 2.01. The van der Waals surface area contributed by atoms with Gasteiger partial charge < -0.3 is 15.4 Å². The summed E-state index contributed by atoms with van der Waals surface area (Å²) in [6, 6.07) is 22.9. The van der Waals surface area contributed by atoms with E-state index in [2.05, 4.69) is 25.3 Å². The molecule has 0 atom stereocenters. The van der Waals surface area contributed by atoms with Crippen LogP contribution in [0.4, 0.5) is 10.8 Å². The molecule has 0 saturated carbocycles. The number of ether oxygens (including phenoxy) is 1. The summed E-state index contributed by atoms with van der Waals surface area (Å²) in [7, 11) is 1.54. The molecular weight excluding hydrogens is 579 g/mol. The number of nitrogens with one attached hydrogen (secondary N) is 3. The SMILES string of the molecule is CCSc1nsc(NC(=O)CSc2ccc(NC(=O)/C(=C/c3ccccc3OC)NC(=O)c3ccccc3)cc2)n1. The van der Waals surface area contributed by atoms with Crippen LogP contribution in [0.2, 0.25) is 0 Å². The highest BCUT2D eigenvalue weighted by atomic mass is 32.2. The number of hydrogen-bond acceptors (Lipinski definition) is 9. The molecule has 0 saturated heterocycles. The second kappa shape index (κ2) is 15.0. The van der Waals surface area contributed by atoms with Crippen molar-refractivity contribution in [3.8, 4) is 5.75 Å². The molecule has 1 heterocycles. The Morgan fingerprint density at radius 1 is 0.927 bits per heavy atom. The zero-order valence-electron chi connectivity index (χ0n) is 22.2. The lowest BCUT2D eigenvalue weighted by molar-refractivity contribution is -0.114. The molecule has 0 radical (unpaired) electrons. The minimum Gasteiger partial charge on any atom is -0.496 e. The zero-order chi connectivity index (χ0) is 29.0. The Labute approximate surface area is 250 Å². The van der Waals surface area contributed by atoms with Gasteiger partial charge in [0.2, 0.25) is 16.2 Å². The minimum atomic E-state index is -0.502. The van der Waals surface area contributed by atoms with Gasteiger partial charge in [-0.1, -0.05) is 55.1 Å². The maximum Gasteiger partial charge on any atom is 0.272 e. The fourth-order valence-electron chi connectivity index (χ4n) is 3.47. The summed E-state index contributed by atoms with van der Waals surface area (Å²) >= 11 is 4.02. The van der Waals surface area contributed by atoms with Gasteiger partial charge in [-0.05, 0) is 54.3 Å². The molecule has 0 aliphatic carbocycles. The Kier molecular flexibility index (Phi) is 10.9. The topological polar surface area (TPSA) is 122 Å². The Morgan fingerprint density at radius 2 is 1.66 bits per heavy atom. The molecular formula is C29H27N5O4S3. The van der Waals surface area contributed by atoms with Crippen LogP contribution >= 0.6 is 35.1 Å². The molecule has 0 fully saturated rings. The second-order valence-electron chi connectivity index (χ2n) is 8.25. The van der Waals surface area contributed by atoms with Crippen LogP contribution in [-0.2, 0) is 9.59 Å². The third kappa shape index (κ3) is 8.93. The number of aromatic nitrogens is 2. The fourth-order valence-corrected chi connectivity index (χ4v) is 5.45. The number of benzene rings is 3. The highest BCUT2D eigenvalue weighted by Crippen LogP contribution is 2.24. The van der Waals surface area contributed by atoms with Crippen LogP contribution in [0.15, 0.2) is 94.6 Å². The molecule has 0 unspecified atom stereocenters. The van der Waals surface area contributed by atoms with Crippen LogP contribution in [0.25, 0.3) is 6.08 Å². The van der Waals surface area contributed by atoms with Crippen molar-refractivity contribution in [2.45, 2.75) is 17.0 Å². The van der Waals surface area contributed by atoms with Gasteiger partial charge in [-0.2, -0.15) is 9.36 Å². The first-order chi connectivity index (χ1) is 19.9. The summed E-state index contributed by atoms with van der Waals surface area (Å²) in [5, 5.41) is 9.43. The van der Waals surface area contributed by atoms with E-state index in [0.29, 0.717) is 32.9 Å². The molecule has 1 aromatic heterocycles. The van der Waals surface area contributed by atoms with Crippen LogP contribution < -0.4 is 20.7 Å². The fraction of sp³-hybridized carbons (Fsp3) is 0.138. The first-order valence-electron chi connectivity index (χ1n) is 12.5. The molecule has 3 amide bonds. The van der Waals surface area contributed by atoms with Crippen LogP contribution in [0.3, 0.4) is 0 Å². The van der Waals surface area contributed by atoms with Gasteiger partial charge in [-0.3, -0.25) is 19.7 Å². The lowest BCUT2D eigenvalue weighted by atomic mass is 10.1. The monoisotopic (exact) mass is 605 g/mol. The summed E-state index contributed by atoms with van der Waals surface area (Å²) < 4.78 is 9.59. The molecule has 0 aliphatic heterocycles. The number of anilines is 2. The van der Waals surface area contributed by atoms with E-state index in [4.69, 9.17) is 4.74 Å². The number of para-hydroxylation sites is 1. The standard InChI is InChI=1S/C29H27N5O4S3/c1-3-39-29-33-28(41-34-29)32-25(35)18-40-22-15-13-21(14-16-22)30-27(37)23(17-20-11-7-8-12-24(20)38-2)31-26(36)19-9-5-4-6-10-19/h4-17H,3,18H2,1-2H3,(H,30,37)(H,31,36)(H,32,33,34,35)/b23-17-. The molecule has 41 heavy (non-hydrogen) atoms. The third-order valence-electron chi connectivity index (χ3n) is 5.38. The van der Waals surface area contributed by atoms with Gasteiger partial charge >= 0.3 is 0 Å². The summed E-state index contributed by atoms with van der Waals surface area (Å²) in [4.78, 5) is 43.6. The summed E-state index contributed by atoms with van der Waals surface area (Å²) in [6.07, 6.45) is 1.57. The van der Waals surface area contributed by atoms with Crippen molar-refractivity contribution in [2.75, 3.05) is 29.2 Å². The van der Waals surface area contributed by atoms with E-state index in [0.717, 1.165) is 22.2 Å². The third-order valence-corrected chi connectivity index (χ3v) is 7.86. The molecule has 3 N–H and O–H groups in total. The number of methoxy groups -OCH3 is 1. The van der Waals surface area contributed by atoms with Crippen molar-refractivity contribution in [3.63, 3.8) is 0 Å². The van der Waals surface area contributed by atoms with Crippen molar-refractivity contribution in [3.05, 3.63) is 95.7 Å². The molecule has 0 spiro atoms. The van der Waals surface area contributed by atoms with Gasteiger partial charge in [0.15, 0.2) is 0 Å². The quantitative estimate of drug-likeness (QED) is 0.137. The van der Waals surface area contributed by atoms with Crippen molar-refractivity contribution >= 4 is 69.7 Å². The van der Waals surface area contributed by atoms with Crippen LogP contribution in [0.5, 0.6) is 5.75 Å². The number of amides is 3. The van der Waals surface area contributed by atoms with Gasteiger partial charge in [0.1, 0.15) is 11.4 Å². The van der Waals surface area contributed by atoms with Crippen LogP contribution in [0, 0.1) is 0 Å². The predicted octanol–water partition coefficient (Wildman–Crippen LogP) is 5.80. The summed E-state index contributed by atoms with van der Waals surface area (Å²) in [5.74, 6) is 0.510. The number of carbonyl (C=O) groups is 3. The van der Waals surface area contributed by atoms with E-state index in [1.54, 1.807) is 66.7 Å². The number of thioether (sulfide) groups is 2. The van der Waals surface area contributed by atoms with Gasteiger partial charge in [0, 0.05) is 33.2 Å². The highest BCUT2D eigenvalue weighted by Gasteiger charge is 2.16. The summed E-state index contributed by atoms with van der Waals surface area (Å²) in [5.41, 5.74) is 1.63. The predicted molar refractivity (Wildman–Crippen MR) is 166 cm³/mol. The smallest absolute Gasteiger partial charge is 0.272 e. The Morgan fingerprint density at radius 3 is 2.39 bits per heavy atom. The molecule has 4 rings (SSSR count). The van der Waals surface area contributed by atoms with Gasteiger partial charge in [-0.15, -0.1) is 11.8 Å². The lowest BCUT2D eigenvalue weighted by Gasteiger charge is -2.13. The van der Waals surface area contributed by atoms with Crippen molar-refractivity contribution in [1.82, 2.24) is 14.7 Å². The van der Waals surface area contributed by atoms with E-state index < -0.39 is 11.8 Å². The number of carbonyl (C=O) groups excluding carboxylic acids is 3. The number of hydrogen-bond donors (Lipinski definition) is 3. The average molecular weight is 606 g/mol. The Hall–Kier alpha value is -4.13. The number of nitrogens with zero attached hydrogens (tertiary/aromatic N) is 2. The van der Waals surface area contributed by atoms with Crippen LogP contribution in [0.1, 0.15) is 22.8 Å². The van der Waals surface area contributed by atoms with E-state index >= 15 is 0 Å². The zero-order valence-corrected chi connectivity index (χ0v) is 24.7. The molecule has 0 bridgehead atoms. The Bertz CT molecular complexity index is 1520. The minimum absolute atomic E-state index is 0.0515. The number of rotatable bonds is 12. The second-order valence-corrected chi connectivity index (χ2v) is 11.3. The largest absolute Gasteiger partial charge is 0.496 e. The normalized spacial score (nSPS) is 11.0. The van der Waals surface area contributed by atoms with E-state index in [9.17, 15) is 14.4 Å². The maximum absolute atomic E-state index is 13.3. The molecule has 12 heteroatoms. The molecule has 0 aliphatic rings. The van der Waals surface area contributed by atoms with E-state index in [1.807, 2.05) is 25.1 Å². The van der Waals surface area contributed by atoms with Gasteiger partial charge in [0.25, 0.3) is 11.8 Å². The molecule has 4 aromatic rings. The molecule has 3 aromatic carbocycles. The van der Waals surface area contributed by atoms with Crippen molar-refractivity contribution < 1.29 is 19.1 Å². The lowest BCUT2D eigenvalue weighted by Crippen LogP contribution is -2.30. The molecule has 9 nitrogen and oxygen atoms in total. The Balaban J connectivity index is 1.40. The molecule has 210 valence electrons. The first-order valence-corrected chi connectivity index (χ1v) is 15.2. The van der Waals surface area contributed by atoms with Gasteiger partial charge in [-0.25, -0.2) is 0 Å². The maximum atomic E-state index is 13.3. The van der Waals surface area contributed by atoms with Crippen molar-refractivity contribution in [1.29, 1.82) is 0 Å². The first kappa shape index (κ1) is 29.8. The van der Waals surface area contributed by atoms with E-state index in [1.165, 1.54) is 30.6 Å². The van der Waals surface area contributed by atoms with E-state index in [-0.39, 0.29) is 17.4 Å². The van der Waals surface area contributed by atoms with Gasteiger partial charge in [0.05, 0.1) is 12.9 Å².